The Labute approximate surface area is 90.9 Å². The molecule has 0 saturated carbocycles. The van der Waals surface area contributed by atoms with Crippen LogP contribution in [-0.2, 0) is 18.4 Å². The van der Waals surface area contributed by atoms with Crippen LogP contribution in [0.15, 0.2) is 6.20 Å². The van der Waals surface area contributed by atoms with Gasteiger partial charge in [0.15, 0.2) is 0 Å². The van der Waals surface area contributed by atoms with Crippen LogP contribution < -0.4 is 5.32 Å². The van der Waals surface area contributed by atoms with E-state index in [1.54, 1.807) is 0 Å². The lowest BCUT2D eigenvalue weighted by atomic mass is 9.78. The number of fused-ring (bicyclic) bond motifs is 2. The first-order valence-corrected chi connectivity index (χ1v) is 6.12. The van der Waals surface area contributed by atoms with Gasteiger partial charge in [-0.3, -0.25) is 4.68 Å². The highest BCUT2D eigenvalue weighted by molar-refractivity contribution is 5.34. The van der Waals surface area contributed by atoms with Gasteiger partial charge in [0, 0.05) is 24.2 Å². The predicted octanol–water partition coefficient (Wildman–Crippen LogP) is 1.47. The Bertz CT molecular complexity index is 361. The Morgan fingerprint density at radius 3 is 3.20 bits per heavy atom. The van der Waals surface area contributed by atoms with E-state index < -0.39 is 0 Å². The molecule has 1 aliphatic heterocycles. The number of piperidine rings is 1. The summed E-state index contributed by atoms with van der Waals surface area (Å²) in [5.74, 6) is 0. The van der Waals surface area contributed by atoms with E-state index in [0.717, 1.165) is 13.1 Å². The molecule has 1 fully saturated rings. The third-order valence-electron chi connectivity index (χ3n) is 4.06. The van der Waals surface area contributed by atoms with Crippen LogP contribution in [0.1, 0.15) is 37.4 Å². The van der Waals surface area contributed by atoms with Gasteiger partial charge in [-0.2, -0.15) is 5.10 Å². The Hall–Kier alpha value is -0.830. The Morgan fingerprint density at radius 2 is 2.47 bits per heavy atom. The number of hydrogen-bond acceptors (Lipinski definition) is 2. The second kappa shape index (κ2) is 3.34. The molecule has 3 rings (SSSR count). The summed E-state index contributed by atoms with van der Waals surface area (Å²) in [5.41, 5.74) is 3.46. The lowest BCUT2D eigenvalue weighted by Crippen LogP contribution is -2.43. The minimum Gasteiger partial charge on any atom is -0.316 e. The van der Waals surface area contributed by atoms with E-state index in [2.05, 4.69) is 28.2 Å². The summed E-state index contributed by atoms with van der Waals surface area (Å²) in [4.78, 5) is 0. The van der Waals surface area contributed by atoms with E-state index in [-0.39, 0.29) is 0 Å². The molecule has 1 aliphatic carbocycles. The zero-order valence-electron chi connectivity index (χ0n) is 9.42. The van der Waals surface area contributed by atoms with Gasteiger partial charge in [0.25, 0.3) is 0 Å². The van der Waals surface area contributed by atoms with E-state index in [9.17, 15) is 0 Å². The van der Waals surface area contributed by atoms with Crippen LogP contribution in [0.25, 0.3) is 0 Å². The summed E-state index contributed by atoms with van der Waals surface area (Å²) in [7, 11) is 0. The molecular formula is C12H19N3. The molecule has 1 aromatic rings. The van der Waals surface area contributed by atoms with Crippen molar-refractivity contribution in [3.8, 4) is 0 Å². The van der Waals surface area contributed by atoms with Gasteiger partial charge in [-0.05, 0) is 44.7 Å². The molecule has 0 unspecified atom stereocenters. The molecule has 0 radical (unpaired) electrons. The summed E-state index contributed by atoms with van der Waals surface area (Å²) in [6, 6.07) is 0. The first kappa shape index (κ1) is 9.40. The van der Waals surface area contributed by atoms with Crippen molar-refractivity contribution < 1.29 is 0 Å². The number of nitrogens with zero attached hydrogens (tertiary/aromatic N) is 2. The Kier molecular flexibility index (Phi) is 2.09. The fraction of sp³-hybridized carbons (Fsp3) is 0.750. The fourth-order valence-electron chi connectivity index (χ4n) is 3.34. The summed E-state index contributed by atoms with van der Waals surface area (Å²) in [6.07, 6.45) is 7.30. The lowest BCUT2D eigenvalue weighted by Gasteiger charge is -2.35. The van der Waals surface area contributed by atoms with Gasteiger partial charge in [-0.25, -0.2) is 0 Å². The van der Waals surface area contributed by atoms with Crippen molar-refractivity contribution in [1.82, 2.24) is 15.1 Å². The minimum atomic E-state index is 0.417. The third kappa shape index (κ3) is 1.26. The molecule has 15 heavy (non-hydrogen) atoms. The maximum Gasteiger partial charge on any atom is 0.0524 e. The third-order valence-corrected chi connectivity index (χ3v) is 4.06. The summed E-state index contributed by atoms with van der Waals surface area (Å²) in [5, 5.41) is 8.05. The van der Waals surface area contributed by atoms with E-state index in [4.69, 9.17) is 0 Å². The molecule has 1 atom stereocenters. The quantitative estimate of drug-likeness (QED) is 0.752. The largest absolute Gasteiger partial charge is 0.316 e. The van der Waals surface area contributed by atoms with Crippen LogP contribution in [0.5, 0.6) is 0 Å². The van der Waals surface area contributed by atoms with Crippen LogP contribution in [0, 0.1) is 0 Å². The average molecular weight is 205 g/mol. The van der Waals surface area contributed by atoms with Gasteiger partial charge >= 0.3 is 0 Å². The zero-order valence-corrected chi connectivity index (χ0v) is 9.42. The Morgan fingerprint density at radius 1 is 1.53 bits per heavy atom. The number of aryl methyl sites for hydroxylation is 2. The smallest absolute Gasteiger partial charge is 0.0524 e. The summed E-state index contributed by atoms with van der Waals surface area (Å²) >= 11 is 0. The Balaban J connectivity index is 2.04. The molecule has 3 heteroatoms. The maximum atomic E-state index is 4.49. The molecule has 82 valence electrons. The number of nitrogens with one attached hydrogen (secondary N) is 1. The number of hydrogen-bond donors (Lipinski definition) is 1. The van der Waals surface area contributed by atoms with Crippen molar-refractivity contribution in [1.29, 1.82) is 0 Å². The van der Waals surface area contributed by atoms with Gasteiger partial charge in [0.2, 0.25) is 0 Å². The van der Waals surface area contributed by atoms with Crippen molar-refractivity contribution in [3.05, 3.63) is 17.5 Å². The molecule has 0 amide bonds. The van der Waals surface area contributed by atoms with Crippen LogP contribution >= 0.6 is 0 Å². The van der Waals surface area contributed by atoms with Crippen molar-refractivity contribution in [2.45, 2.75) is 44.6 Å². The summed E-state index contributed by atoms with van der Waals surface area (Å²) in [6.45, 7) is 5.55. The normalized spacial score (nSPS) is 29.7. The van der Waals surface area contributed by atoms with Gasteiger partial charge < -0.3 is 5.32 Å². The molecule has 1 aromatic heterocycles. The van der Waals surface area contributed by atoms with Crippen molar-refractivity contribution >= 4 is 0 Å². The highest BCUT2D eigenvalue weighted by atomic mass is 15.3. The van der Waals surface area contributed by atoms with E-state index in [0.29, 0.717) is 5.41 Å². The highest BCUT2D eigenvalue weighted by Crippen LogP contribution is 2.43. The number of aromatic nitrogens is 2. The van der Waals surface area contributed by atoms with E-state index >= 15 is 0 Å². The standard InChI is InChI=1S/C12H19N3/c1-2-15-11-10(8-14-15)4-6-12(11)5-3-7-13-9-12/h8,13H,2-7,9H2,1H3/t12-/m0/s1. The van der Waals surface area contributed by atoms with Gasteiger partial charge in [-0.15, -0.1) is 0 Å². The number of rotatable bonds is 1. The summed E-state index contributed by atoms with van der Waals surface area (Å²) < 4.78 is 2.22. The van der Waals surface area contributed by atoms with Crippen molar-refractivity contribution in [2.24, 2.45) is 0 Å². The van der Waals surface area contributed by atoms with Gasteiger partial charge in [-0.1, -0.05) is 0 Å². The topological polar surface area (TPSA) is 29.9 Å². The molecule has 3 nitrogen and oxygen atoms in total. The van der Waals surface area contributed by atoms with Crippen LogP contribution in [0.3, 0.4) is 0 Å². The van der Waals surface area contributed by atoms with Gasteiger partial charge in [0.05, 0.1) is 6.20 Å². The van der Waals surface area contributed by atoms with Crippen LogP contribution in [0.4, 0.5) is 0 Å². The first-order chi connectivity index (χ1) is 7.36. The molecule has 0 bridgehead atoms. The molecule has 1 spiro atoms. The first-order valence-electron chi connectivity index (χ1n) is 6.12. The molecule has 0 aromatic carbocycles. The lowest BCUT2D eigenvalue weighted by molar-refractivity contribution is 0.292. The average Bonchev–Trinajstić information content (AvgIpc) is 2.83. The molecule has 1 saturated heterocycles. The molecule has 1 N–H and O–H groups in total. The molecule has 2 aliphatic rings. The maximum absolute atomic E-state index is 4.49. The van der Waals surface area contributed by atoms with Crippen molar-refractivity contribution in [2.75, 3.05) is 13.1 Å². The molecule has 2 heterocycles. The van der Waals surface area contributed by atoms with E-state index in [1.807, 2.05) is 0 Å². The minimum absolute atomic E-state index is 0.417. The SMILES string of the molecule is CCn1ncc2c1[C@@]1(CCCNC1)CC2. The van der Waals surface area contributed by atoms with E-state index in [1.165, 1.54) is 43.5 Å². The van der Waals surface area contributed by atoms with Crippen LogP contribution in [-0.4, -0.2) is 22.9 Å². The molecular weight excluding hydrogens is 186 g/mol. The monoisotopic (exact) mass is 205 g/mol. The van der Waals surface area contributed by atoms with Crippen molar-refractivity contribution in [3.63, 3.8) is 0 Å². The van der Waals surface area contributed by atoms with Gasteiger partial charge in [0.1, 0.15) is 0 Å². The predicted molar refractivity (Wildman–Crippen MR) is 60.0 cm³/mol. The second-order valence-electron chi connectivity index (χ2n) is 4.89. The highest BCUT2D eigenvalue weighted by Gasteiger charge is 2.42. The second-order valence-corrected chi connectivity index (χ2v) is 4.89. The van der Waals surface area contributed by atoms with Crippen LogP contribution in [0.2, 0.25) is 0 Å². The zero-order chi connectivity index (χ0) is 10.3. The fourth-order valence-corrected chi connectivity index (χ4v) is 3.34.